The van der Waals surface area contributed by atoms with E-state index in [-0.39, 0.29) is 18.9 Å². The molecular formula is C20H21NO4. The van der Waals surface area contributed by atoms with Crippen LogP contribution in [-0.4, -0.2) is 39.3 Å². The van der Waals surface area contributed by atoms with Crippen molar-refractivity contribution in [2.75, 3.05) is 6.54 Å². The van der Waals surface area contributed by atoms with Crippen molar-refractivity contribution < 1.29 is 19.8 Å². The third kappa shape index (κ3) is 3.22. The lowest BCUT2D eigenvalue weighted by Crippen LogP contribution is -2.58. The van der Waals surface area contributed by atoms with Crippen LogP contribution in [0.25, 0.3) is 0 Å². The minimum absolute atomic E-state index is 0.174. The third-order valence-electron chi connectivity index (χ3n) is 5.10. The first-order valence-electron chi connectivity index (χ1n) is 8.36. The summed E-state index contributed by atoms with van der Waals surface area (Å²) in [6, 6.07) is 18.9. The molecule has 5 nitrogen and oxygen atoms in total. The predicted molar refractivity (Wildman–Crippen MR) is 93.5 cm³/mol. The van der Waals surface area contributed by atoms with Crippen LogP contribution in [0, 0.1) is 5.92 Å². The summed E-state index contributed by atoms with van der Waals surface area (Å²) in [5, 5.41) is 19.7. The summed E-state index contributed by atoms with van der Waals surface area (Å²) in [7, 11) is 0. The van der Waals surface area contributed by atoms with Gasteiger partial charge in [0.1, 0.15) is 0 Å². The highest BCUT2D eigenvalue weighted by Gasteiger charge is 2.56. The zero-order valence-corrected chi connectivity index (χ0v) is 13.8. The first kappa shape index (κ1) is 17.0. The van der Waals surface area contributed by atoms with Gasteiger partial charge >= 0.3 is 12.1 Å². The molecule has 2 aromatic rings. The standard InChI is InChI=1S/C20H21NO4/c22-18(23)20(14-16-9-5-2-6-10-16)17(11-12-21(20)19(24)25)13-15-7-3-1-4-8-15/h1-10,17H,11-14H2,(H,22,23)(H,24,25). The van der Waals surface area contributed by atoms with Gasteiger partial charge in [-0.3, -0.25) is 4.90 Å². The Morgan fingerprint density at radius 2 is 1.52 bits per heavy atom. The van der Waals surface area contributed by atoms with Gasteiger partial charge in [-0.05, 0) is 29.9 Å². The molecule has 1 saturated heterocycles. The number of carboxylic acid groups (broad SMARTS) is 2. The molecule has 0 radical (unpaired) electrons. The predicted octanol–water partition coefficient (Wildman–Crippen LogP) is 3.30. The molecule has 1 aliphatic heterocycles. The third-order valence-corrected chi connectivity index (χ3v) is 5.10. The number of hydrogen-bond donors (Lipinski definition) is 2. The average molecular weight is 339 g/mol. The van der Waals surface area contributed by atoms with Crippen LogP contribution in [0.2, 0.25) is 0 Å². The molecule has 2 aromatic carbocycles. The highest BCUT2D eigenvalue weighted by atomic mass is 16.4. The van der Waals surface area contributed by atoms with Crippen molar-refractivity contribution >= 4 is 12.1 Å². The van der Waals surface area contributed by atoms with Gasteiger partial charge in [0.2, 0.25) is 0 Å². The Bertz CT molecular complexity index is 747. The van der Waals surface area contributed by atoms with Gasteiger partial charge in [-0.1, -0.05) is 60.7 Å². The number of benzene rings is 2. The normalized spacial score (nSPS) is 22.7. The number of carbonyl (C=O) groups is 2. The van der Waals surface area contributed by atoms with Gasteiger partial charge in [-0.25, -0.2) is 9.59 Å². The SMILES string of the molecule is O=C(O)N1CCC(Cc2ccccc2)C1(Cc1ccccc1)C(=O)O. The molecule has 25 heavy (non-hydrogen) atoms. The maximum Gasteiger partial charge on any atom is 0.408 e. The van der Waals surface area contributed by atoms with Gasteiger partial charge in [-0.15, -0.1) is 0 Å². The second-order valence-corrected chi connectivity index (χ2v) is 6.50. The smallest absolute Gasteiger partial charge is 0.408 e. The molecule has 0 saturated carbocycles. The lowest BCUT2D eigenvalue weighted by atomic mass is 9.76. The first-order valence-corrected chi connectivity index (χ1v) is 8.36. The van der Waals surface area contributed by atoms with Crippen LogP contribution >= 0.6 is 0 Å². The van der Waals surface area contributed by atoms with Crippen molar-refractivity contribution in [3.8, 4) is 0 Å². The van der Waals surface area contributed by atoms with Crippen LogP contribution in [0.1, 0.15) is 17.5 Å². The van der Waals surface area contributed by atoms with E-state index >= 15 is 0 Å². The van der Waals surface area contributed by atoms with Crippen LogP contribution in [0.3, 0.4) is 0 Å². The molecule has 1 amide bonds. The van der Waals surface area contributed by atoms with Crippen molar-refractivity contribution in [3.63, 3.8) is 0 Å². The number of aliphatic carboxylic acids is 1. The number of amides is 1. The molecule has 2 atom stereocenters. The van der Waals surface area contributed by atoms with Gasteiger partial charge in [0, 0.05) is 13.0 Å². The summed E-state index contributed by atoms with van der Waals surface area (Å²) in [4.78, 5) is 25.2. The lowest BCUT2D eigenvalue weighted by Gasteiger charge is -2.37. The zero-order valence-electron chi connectivity index (χ0n) is 13.8. The highest BCUT2D eigenvalue weighted by Crippen LogP contribution is 2.40. The number of nitrogens with zero attached hydrogens (tertiary/aromatic N) is 1. The summed E-state index contributed by atoms with van der Waals surface area (Å²) in [5.74, 6) is -1.35. The molecule has 2 unspecified atom stereocenters. The Kier molecular flexibility index (Phi) is 4.74. The molecule has 0 bridgehead atoms. The molecule has 1 fully saturated rings. The van der Waals surface area contributed by atoms with E-state index in [1.165, 1.54) is 0 Å². The van der Waals surface area contributed by atoms with E-state index in [1.54, 1.807) is 0 Å². The topological polar surface area (TPSA) is 77.8 Å². The van der Waals surface area contributed by atoms with Crippen LogP contribution in [-0.2, 0) is 17.6 Å². The Hall–Kier alpha value is -2.82. The summed E-state index contributed by atoms with van der Waals surface area (Å²) in [6.07, 6.45) is 0.0886. The van der Waals surface area contributed by atoms with E-state index in [2.05, 4.69) is 0 Å². The average Bonchev–Trinajstić information content (AvgIpc) is 2.96. The van der Waals surface area contributed by atoms with Crippen LogP contribution in [0.5, 0.6) is 0 Å². The Morgan fingerprint density at radius 3 is 2.04 bits per heavy atom. The largest absolute Gasteiger partial charge is 0.479 e. The first-order chi connectivity index (χ1) is 12.0. The molecule has 5 heteroatoms. The minimum Gasteiger partial charge on any atom is -0.479 e. The summed E-state index contributed by atoms with van der Waals surface area (Å²) in [5.41, 5.74) is 0.415. The Morgan fingerprint density at radius 1 is 0.960 bits per heavy atom. The van der Waals surface area contributed by atoms with Crippen molar-refractivity contribution in [2.24, 2.45) is 5.92 Å². The van der Waals surface area contributed by atoms with E-state index in [0.29, 0.717) is 12.8 Å². The molecule has 2 N–H and O–H groups in total. The van der Waals surface area contributed by atoms with E-state index in [0.717, 1.165) is 16.0 Å². The monoisotopic (exact) mass is 339 g/mol. The summed E-state index contributed by atoms with van der Waals surface area (Å²) in [6.45, 7) is 0.242. The fraction of sp³-hybridized carbons (Fsp3) is 0.300. The van der Waals surface area contributed by atoms with Gasteiger partial charge in [0.25, 0.3) is 0 Å². The zero-order chi connectivity index (χ0) is 17.9. The van der Waals surface area contributed by atoms with Crippen molar-refractivity contribution in [1.82, 2.24) is 4.90 Å². The van der Waals surface area contributed by atoms with E-state index in [9.17, 15) is 19.8 Å². The van der Waals surface area contributed by atoms with Crippen molar-refractivity contribution in [2.45, 2.75) is 24.8 Å². The molecule has 1 aliphatic rings. The van der Waals surface area contributed by atoms with Gasteiger partial charge < -0.3 is 10.2 Å². The van der Waals surface area contributed by atoms with E-state index in [1.807, 2.05) is 60.7 Å². The molecule has 1 heterocycles. The van der Waals surface area contributed by atoms with E-state index < -0.39 is 17.6 Å². The fourth-order valence-corrected chi connectivity index (χ4v) is 3.89. The molecule has 0 aliphatic carbocycles. The van der Waals surface area contributed by atoms with Gasteiger partial charge in [0.05, 0.1) is 0 Å². The van der Waals surface area contributed by atoms with Crippen LogP contribution in [0.4, 0.5) is 4.79 Å². The maximum atomic E-state index is 12.3. The minimum atomic E-state index is -1.44. The molecule has 3 rings (SSSR count). The van der Waals surface area contributed by atoms with Gasteiger partial charge in [-0.2, -0.15) is 0 Å². The number of hydrogen-bond acceptors (Lipinski definition) is 2. The van der Waals surface area contributed by atoms with Crippen LogP contribution < -0.4 is 0 Å². The fourth-order valence-electron chi connectivity index (χ4n) is 3.89. The molecule has 0 aromatic heterocycles. The molecule has 0 spiro atoms. The molecule has 130 valence electrons. The van der Waals surface area contributed by atoms with Gasteiger partial charge in [0.15, 0.2) is 5.54 Å². The highest BCUT2D eigenvalue weighted by molar-refractivity contribution is 5.85. The number of rotatable bonds is 5. The number of carboxylic acids is 1. The second-order valence-electron chi connectivity index (χ2n) is 6.50. The maximum absolute atomic E-state index is 12.3. The second kappa shape index (κ2) is 6.97. The summed E-state index contributed by atoms with van der Waals surface area (Å²) >= 11 is 0. The van der Waals surface area contributed by atoms with E-state index in [4.69, 9.17) is 0 Å². The lowest BCUT2D eigenvalue weighted by molar-refractivity contribution is -0.151. The van der Waals surface area contributed by atoms with Crippen molar-refractivity contribution in [1.29, 1.82) is 0 Å². The quantitative estimate of drug-likeness (QED) is 0.876. The Labute approximate surface area is 146 Å². The molecular weight excluding hydrogens is 318 g/mol. The summed E-state index contributed by atoms with van der Waals surface area (Å²) < 4.78 is 0. The van der Waals surface area contributed by atoms with Crippen molar-refractivity contribution in [3.05, 3.63) is 71.8 Å². The number of likely N-dealkylation sites (tertiary alicyclic amines) is 1. The van der Waals surface area contributed by atoms with Crippen LogP contribution in [0.15, 0.2) is 60.7 Å². The Balaban J connectivity index is 2.00.